The third-order valence-electron chi connectivity index (χ3n) is 3.22. The van der Waals surface area contributed by atoms with E-state index in [1.54, 1.807) is 18.7 Å². The number of carbonyl (C=O) groups excluding carboxylic acids is 1. The van der Waals surface area contributed by atoms with Gasteiger partial charge in [-0.1, -0.05) is 6.92 Å². The zero-order valence-corrected chi connectivity index (χ0v) is 13.0. The number of nitrogens with two attached hydrogens (primary N) is 1. The van der Waals surface area contributed by atoms with Crippen molar-refractivity contribution in [3.8, 4) is 0 Å². The van der Waals surface area contributed by atoms with Crippen LogP contribution in [0.5, 0.6) is 0 Å². The maximum Gasteiger partial charge on any atom is 0.226 e. The number of thioether (sulfide) groups is 1. The average Bonchev–Trinajstić information content (AvgIpc) is 2.44. The predicted molar refractivity (Wildman–Crippen MR) is 76.8 cm³/mol. The lowest BCUT2D eigenvalue weighted by atomic mass is 10.2. The van der Waals surface area contributed by atoms with Crippen molar-refractivity contribution in [3.05, 3.63) is 0 Å². The number of rotatable bonds is 6. The van der Waals surface area contributed by atoms with Gasteiger partial charge in [0.25, 0.3) is 0 Å². The van der Waals surface area contributed by atoms with Crippen LogP contribution in [-0.2, 0) is 19.4 Å². The zero-order valence-electron chi connectivity index (χ0n) is 11.4. The number of nitrogens with zero attached hydrogens (tertiary/aromatic N) is 1. The topological polar surface area (TPSA) is 89.7 Å². The van der Waals surface area contributed by atoms with Gasteiger partial charge in [0.15, 0.2) is 9.84 Å². The van der Waals surface area contributed by atoms with Crippen LogP contribution in [0.25, 0.3) is 0 Å². The van der Waals surface area contributed by atoms with Crippen molar-refractivity contribution in [1.82, 2.24) is 4.90 Å². The summed E-state index contributed by atoms with van der Waals surface area (Å²) in [4.78, 5) is 13.7. The number of hydrogen-bond acceptors (Lipinski definition) is 6. The van der Waals surface area contributed by atoms with Gasteiger partial charge < -0.3 is 15.4 Å². The minimum atomic E-state index is -3.25. The van der Waals surface area contributed by atoms with Crippen LogP contribution in [-0.4, -0.2) is 68.2 Å². The first-order chi connectivity index (χ1) is 8.96. The summed E-state index contributed by atoms with van der Waals surface area (Å²) in [7, 11) is -1.76. The van der Waals surface area contributed by atoms with Gasteiger partial charge in [-0.2, -0.15) is 11.8 Å². The Morgan fingerprint density at radius 1 is 1.58 bits per heavy atom. The highest BCUT2D eigenvalue weighted by atomic mass is 32.2. The van der Waals surface area contributed by atoms with Crippen LogP contribution < -0.4 is 5.73 Å². The van der Waals surface area contributed by atoms with Crippen LogP contribution in [0, 0.1) is 0 Å². The Labute approximate surface area is 119 Å². The third-order valence-corrected chi connectivity index (χ3v) is 6.51. The molecule has 0 bridgehead atoms. The average molecular weight is 310 g/mol. The molecule has 2 N–H and O–H groups in total. The molecule has 8 heteroatoms. The molecule has 6 nitrogen and oxygen atoms in total. The Kier molecular flexibility index (Phi) is 6.58. The molecule has 0 aromatic heterocycles. The normalized spacial score (nSPS) is 22.3. The molecule has 0 saturated carbocycles. The maximum absolute atomic E-state index is 12.2. The fourth-order valence-electron chi connectivity index (χ4n) is 1.93. The van der Waals surface area contributed by atoms with Gasteiger partial charge in [-0.25, -0.2) is 8.42 Å². The lowest BCUT2D eigenvalue weighted by molar-refractivity contribution is -0.134. The monoisotopic (exact) mass is 310 g/mol. The molecule has 1 amide bonds. The second-order valence-corrected chi connectivity index (χ2v) is 7.96. The van der Waals surface area contributed by atoms with Crippen LogP contribution in [0.1, 0.15) is 13.3 Å². The fourth-order valence-corrected chi connectivity index (χ4v) is 4.92. The van der Waals surface area contributed by atoms with Crippen molar-refractivity contribution in [1.29, 1.82) is 0 Å². The molecular formula is C11H22N2O4S2. The fraction of sp³-hybridized carbons (Fsp3) is 0.909. The molecule has 1 rings (SSSR count). The number of ether oxygens (including phenoxy) is 1. The highest BCUT2D eigenvalue weighted by Gasteiger charge is 2.36. The summed E-state index contributed by atoms with van der Waals surface area (Å²) < 4.78 is 29.1. The van der Waals surface area contributed by atoms with Gasteiger partial charge in [-0.05, 0) is 0 Å². The number of hydrogen-bond donors (Lipinski definition) is 1. The Morgan fingerprint density at radius 3 is 2.79 bits per heavy atom. The predicted octanol–water partition coefficient (Wildman–Crippen LogP) is -0.314. The number of methoxy groups -OCH3 is 1. The largest absolute Gasteiger partial charge is 0.380 e. The molecule has 1 heterocycles. The van der Waals surface area contributed by atoms with Gasteiger partial charge >= 0.3 is 0 Å². The zero-order chi connectivity index (χ0) is 14.5. The second-order valence-electron chi connectivity index (χ2n) is 4.37. The second kappa shape index (κ2) is 7.47. The van der Waals surface area contributed by atoms with Crippen molar-refractivity contribution >= 4 is 27.5 Å². The summed E-state index contributed by atoms with van der Waals surface area (Å²) in [5.74, 6) is 1.07. The smallest absolute Gasteiger partial charge is 0.226 e. The van der Waals surface area contributed by atoms with Crippen molar-refractivity contribution in [2.75, 3.05) is 37.5 Å². The molecule has 0 spiro atoms. The van der Waals surface area contributed by atoms with E-state index in [0.717, 1.165) is 5.75 Å². The molecule has 112 valence electrons. The lowest BCUT2D eigenvalue weighted by Gasteiger charge is -2.35. The molecule has 1 aliphatic rings. The molecule has 2 atom stereocenters. The highest BCUT2D eigenvalue weighted by Crippen LogP contribution is 2.22. The van der Waals surface area contributed by atoms with Gasteiger partial charge in [0.1, 0.15) is 5.37 Å². The van der Waals surface area contributed by atoms with Crippen molar-refractivity contribution in [2.24, 2.45) is 5.73 Å². The number of carbonyl (C=O) groups is 1. The Hall–Kier alpha value is -0.310. The van der Waals surface area contributed by atoms with Gasteiger partial charge in [0.05, 0.1) is 12.5 Å². The molecule has 1 aliphatic heterocycles. The highest BCUT2D eigenvalue weighted by molar-refractivity contribution is 8.01. The van der Waals surface area contributed by atoms with Crippen molar-refractivity contribution in [3.63, 3.8) is 0 Å². The first-order valence-electron chi connectivity index (χ1n) is 6.27. The van der Waals surface area contributed by atoms with E-state index < -0.39 is 15.2 Å². The van der Waals surface area contributed by atoms with Gasteiger partial charge in [-0.15, -0.1) is 0 Å². The van der Waals surface area contributed by atoms with E-state index in [1.807, 2.05) is 0 Å². The molecule has 0 radical (unpaired) electrons. The molecule has 19 heavy (non-hydrogen) atoms. The SMILES string of the molecule is CCS(=O)(=O)C1CSCCN1C(=O)CC(CN)OC. The summed E-state index contributed by atoms with van der Waals surface area (Å²) in [5, 5.41) is -0.709. The van der Waals surface area contributed by atoms with Crippen LogP contribution >= 0.6 is 11.8 Å². The molecule has 0 aliphatic carbocycles. The van der Waals surface area contributed by atoms with E-state index in [-0.39, 0.29) is 30.7 Å². The van der Waals surface area contributed by atoms with E-state index in [2.05, 4.69) is 0 Å². The lowest BCUT2D eigenvalue weighted by Crippen LogP contribution is -2.51. The number of sulfone groups is 1. The van der Waals surface area contributed by atoms with E-state index >= 15 is 0 Å². The minimum Gasteiger partial charge on any atom is -0.380 e. The molecular weight excluding hydrogens is 288 g/mol. The summed E-state index contributed by atoms with van der Waals surface area (Å²) in [6, 6.07) is 0. The minimum absolute atomic E-state index is 0.0482. The Bertz CT molecular complexity index is 395. The van der Waals surface area contributed by atoms with E-state index in [0.29, 0.717) is 12.3 Å². The quantitative estimate of drug-likeness (QED) is 0.723. The summed E-state index contributed by atoms with van der Waals surface area (Å²) in [6.07, 6.45) is -0.222. The standard InChI is InChI=1S/C11H22N2O4S2/c1-3-19(15,16)11-8-18-5-4-13(11)10(14)6-9(7-12)17-2/h9,11H,3-8,12H2,1-2H3. The maximum atomic E-state index is 12.2. The van der Waals surface area contributed by atoms with Gasteiger partial charge in [0.2, 0.25) is 5.91 Å². The molecule has 2 unspecified atom stereocenters. The van der Waals surface area contributed by atoms with E-state index in [4.69, 9.17) is 10.5 Å². The van der Waals surface area contributed by atoms with E-state index in [9.17, 15) is 13.2 Å². The first kappa shape index (κ1) is 16.7. The van der Waals surface area contributed by atoms with Crippen LogP contribution in [0.2, 0.25) is 0 Å². The molecule has 1 fully saturated rings. The number of amides is 1. The summed E-state index contributed by atoms with van der Waals surface area (Å²) in [6.45, 7) is 2.32. The van der Waals surface area contributed by atoms with Gasteiger partial charge in [0, 0.05) is 37.5 Å². The third kappa shape index (κ3) is 4.34. The first-order valence-corrected chi connectivity index (χ1v) is 9.14. The molecule has 0 aromatic rings. The van der Waals surface area contributed by atoms with Gasteiger partial charge in [-0.3, -0.25) is 4.79 Å². The summed E-state index contributed by atoms with van der Waals surface area (Å²) in [5.41, 5.74) is 5.49. The van der Waals surface area contributed by atoms with Crippen LogP contribution in [0.15, 0.2) is 0 Å². The Morgan fingerprint density at radius 2 is 2.26 bits per heavy atom. The van der Waals surface area contributed by atoms with Crippen molar-refractivity contribution < 1.29 is 17.9 Å². The van der Waals surface area contributed by atoms with Crippen LogP contribution in [0.3, 0.4) is 0 Å². The van der Waals surface area contributed by atoms with E-state index in [1.165, 1.54) is 12.0 Å². The van der Waals surface area contributed by atoms with Crippen LogP contribution in [0.4, 0.5) is 0 Å². The molecule has 1 saturated heterocycles. The Balaban J connectivity index is 2.80. The van der Waals surface area contributed by atoms with Crippen molar-refractivity contribution in [2.45, 2.75) is 24.8 Å². The summed E-state index contributed by atoms with van der Waals surface area (Å²) >= 11 is 1.57. The molecule has 0 aromatic carbocycles.